The molecule has 0 bridgehead atoms. The molecule has 11 heteroatoms. The van der Waals surface area contributed by atoms with Crippen molar-refractivity contribution >= 4 is 41.0 Å². The van der Waals surface area contributed by atoms with Crippen LogP contribution in [0.2, 0.25) is 0 Å². The van der Waals surface area contributed by atoms with Crippen LogP contribution in [0, 0.1) is 0 Å². The Morgan fingerprint density at radius 2 is 1.53 bits per heavy atom. The van der Waals surface area contributed by atoms with Crippen LogP contribution in [0.15, 0.2) is 54.6 Å². The number of ketones is 1. The number of nitrogens with zero attached hydrogens (tertiary/aromatic N) is 1. The highest BCUT2D eigenvalue weighted by molar-refractivity contribution is 6.37. The smallest absolute Gasteiger partial charge is 0.289 e. The molecule has 0 aromatic heterocycles. The maximum absolute atomic E-state index is 12.4. The van der Waals surface area contributed by atoms with Crippen molar-refractivity contribution in [3.05, 3.63) is 65.7 Å². The molecule has 0 fully saturated rings. The summed E-state index contributed by atoms with van der Waals surface area (Å²) in [4.78, 5) is 74.2. The second-order valence-corrected chi connectivity index (χ2v) is 8.09. The Bertz CT molecular complexity index is 1170. The number of hydrogen-bond acceptors (Lipinski definition) is 6. The van der Waals surface area contributed by atoms with Gasteiger partial charge in [-0.05, 0) is 37.1 Å². The highest BCUT2D eigenvalue weighted by atomic mass is 16.2. The maximum Gasteiger partial charge on any atom is 0.289 e. The van der Waals surface area contributed by atoms with Gasteiger partial charge in [0.1, 0.15) is 6.04 Å². The van der Waals surface area contributed by atoms with Crippen molar-refractivity contribution in [3.8, 4) is 0 Å². The van der Waals surface area contributed by atoms with E-state index in [9.17, 15) is 28.8 Å². The van der Waals surface area contributed by atoms with Crippen LogP contribution in [0.3, 0.4) is 0 Å². The molecule has 4 N–H and O–H groups in total. The first-order valence-corrected chi connectivity index (χ1v) is 11.4. The van der Waals surface area contributed by atoms with E-state index in [1.165, 1.54) is 6.92 Å². The standard InChI is InChI=1S/C25H27N5O6/c1-16(29-21(32)14-27-24(35)18-8-3-2-4-9-18)23(34)26-13-20(31)25(36)28-15-22(33)30-12-11-17-7-5-6-10-19(17)30/h2-10,16H,11-15H2,1H3,(H,26,34)(H,27,35)(H,28,36)(H,29,32)/t16-/m0/s1. The average Bonchev–Trinajstić information content (AvgIpc) is 3.33. The summed E-state index contributed by atoms with van der Waals surface area (Å²) < 4.78 is 0. The lowest BCUT2D eigenvalue weighted by Gasteiger charge is -2.17. The van der Waals surface area contributed by atoms with Gasteiger partial charge < -0.3 is 26.2 Å². The zero-order valence-corrected chi connectivity index (χ0v) is 19.7. The normalized spacial score (nSPS) is 12.6. The highest BCUT2D eigenvalue weighted by Gasteiger charge is 2.25. The maximum atomic E-state index is 12.4. The van der Waals surface area contributed by atoms with Crippen molar-refractivity contribution < 1.29 is 28.8 Å². The Labute approximate surface area is 207 Å². The van der Waals surface area contributed by atoms with E-state index in [1.807, 2.05) is 24.3 Å². The molecule has 0 saturated carbocycles. The van der Waals surface area contributed by atoms with Crippen LogP contribution in [0.5, 0.6) is 0 Å². The number of amides is 5. The largest absolute Gasteiger partial charge is 0.347 e. The summed E-state index contributed by atoms with van der Waals surface area (Å²) in [6, 6.07) is 14.8. The van der Waals surface area contributed by atoms with E-state index in [2.05, 4.69) is 21.3 Å². The van der Waals surface area contributed by atoms with E-state index in [-0.39, 0.29) is 19.0 Å². The second-order valence-electron chi connectivity index (χ2n) is 8.09. The van der Waals surface area contributed by atoms with E-state index in [0.717, 1.165) is 17.7 Å². The third-order valence-corrected chi connectivity index (χ3v) is 5.48. The number of benzene rings is 2. The molecule has 36 heavy (non-hydrogen) atoms. The third kappa shape index (κ3) is 6.98. The first kappa shape index (κ1) is 26.1. The zero-order chi connectivity index (χ0) is 26.1. The van der Waals surface area contributed by atoms with Crippen LogP contribution < -0.4 is 26.2 Å². The van der Waals surface area contributed by atoms with Gasteiger partial charge >= 0.3 is 0 Å². The van der Waals surface area contributed by atoms with Gasteiger partial charge in [0.2, 0.25) is 23.5 Å². The third-order valence-electron chi connectivity index (χ3n) is 5.48. The Kier molecular flexibility index (Phi) is 8.87. The molecular formula is C25H27N5O6. The fraction of sp³-hybridized carbons (Fsp3) is 0.280. The Hall–Kier alpha value is -4.54. The van der Waals surface area contributed by atoms with E-state index in [4.69, 9.17) is 0 Å². The molecule has 0 unspecified atom stereocenters. The second kappa shape index (κ2) is 12.2. The van der Waals surface area contributed by atoms with Crippen LogP contribution in [0.4, 0.5) is 5.69 Å². The van der Waals surface area contributed by atoms with Crippen LogP contribution in [0.1, 0.15) is 22.8 Å². The van der Waals surface area contributed by atoms with Gasteiger partial charge in [0.15, 0.2) is 0 Å². The van der Waals surface area contributed by atoms with Gasteiger partial charge in [-0.15, -0.1) is 0 Å². The van der Waals surface area contributed by atoms with Crippen molar-refractivity contribution in [2.24, 2.45) is 0 Å². The number of rotatable bonds is 10. The molecule has 0 saturated heterocycles. The minimum atomic E-state index is -1.01. The van der Waals surface area contributed by atoms with Gasteiger partial charge in [-0.2, -0.15) is 0 Å². The fourth-order valence-electron chi connectivity index (χ4n) is 3.56. The number of carbonyl (C=O) groups is 6. The van der Waals surface area contributed by atoms with Gasteiger partial charge in [0, 0.05) is 17.8 Å². The van der Waals surface area contributed by atoms with Gasteiger partial charge in [0.05, 0.1) is 19.6 Å². The topological polar surface area (TPSA) is 154 Å². The van der Waals surface area contributed by atoms with Gasteiger partial charge in [-0.25, -0.2) is 0 Å². The zero-order valence-electron chi connectivity index (χ0n) is 19.7. The number of fused-ring (bicyclic) bond motifs is 1. The summed E-state index contributed by atoms with van der Waals surface area (Å²) in [6.07, 6.45) is 0.717. The molecule has 3 rings (SSSR count). The average molecular weight is 494 g/mol. The highest BCUT2D eigenvalue weighted by Crippen LogP contribution is 2.27. The summed E-state index contributed by atoms with van der Waals surface area (Å²) in [5.74, 6) is -4.02. The summed E-state index contributed by atoms with van der Waals surface area (Å²) in [6.45, 7) is 0.591. The lowest BCUT2D eigenvalue weighted by molar-refractivity contribution is -0.138. The minimum absolute atomic E-state index is 0.345. The van der Waals surface area contributed by atoms with Crippen LogP contribution in [-0.2, 0) is 30.4 Å². The van der Waals surface area contributed by atoms with Gasteiger partial charge in [-0.1, -0.05) is 36.4 Å². The van der Waals surface area contributed by atoms with Crippen molar-refractivity contribution in [2.75, 3.05) is 31.1 Å². The van der Waals surface area contributed by atoms with Crippen LogP contribution in [0.25, 0.3) is 0 Å². The molecule has 1 heterocycles. The lowest BCUT2D eigenvalue weighted by atomic mass is 10.2. The van der Waals surface area contributed by atoms with Crippen LogP contribution >= 0.6 is 0 Å². The van der Waals surface area contributed by atoms with Crippen molar-refractivity contribution in [3.63, 3.8) is 0 Å². The molecule has 1 aliphatic heterocycles. The van der Waals surface area contributed by atoms with Crippen molar-refractivity contribution in [1.29, 1.82) is 0 Å². The van der Waals surface area contributed by atoms with Crippen molar-refractivity contribution in [1.82, 2.24) is 21.3 Å². The first-order valence-electron chi connectivity index (χ1n) is 11.4. The molecule has 188 valence electrons. The molecule has 1 atom stereocenters. The number of anilines is 1. The molecule has 2 aromatic rings. The molecule has 0 aliphatic carbocycles. The summed E-state index contributed by atoms with van der Waals surface area (Å²) in [5.41, 5.74) is 2.21. The van der Waals surface area contributed by atoms with E-state index >= 15 is 0 Å². The first-order chi connectivity index (χ1) is 17.3. The minimum Gasteiger partial charge on any atom is -0.347 e. The molecule has 0 spiro atoms. The Balaban J connectivity index is 1.35. The number of Topliss-reactive ketones (excluding diaryl/α,β-unsaturated/α-hetero) is 1. The van der Waals surface area contributed by atoms with E-state index in [0.29, 0.717) is 12.1 Å². The SMILES string of the molecule is C[C@H](NC(=O)CNC(=O)c1ccccc1)C(=O)NCC(=O)C(=O)NCC(=O)N1CCc2ccccc21. The summed E-state index contributed by atoms with van der Waals surface area (Å²) >= 11 is 0. The lowest BCUT2D eigenvalue weighted by Crippen LogP contribution is -2.50. The molecule has 5 amide bonds. The van der Waals surface area contributed by atoms with E-state index < -0.39 is 42.0 Å². The summed E-state index contributed by atoms with van der Waals surface area (Å²) in [7, 11) is 0. The number of nitrogens with one attached hydrogen (secondary N) is 4. The molecule has 11 nitrogen and oxygen atoms in total. The molecular weight excluding hydrogens is 466 g/mol. The predicted octanol–water partition coefficient (Wildman–Crippen LogP) is -0.688. The summed E-state index contributed by atoms with van der Waals surface area (Å²) in [5, 5.41) is 9.37. The van der Waals surface area contributed by atoms with Gasteiger partial charge in [-0.3, -0.25) is 28.8 Å². The molecule has 1 aliphatic rings. The number of carbonyl (C=O) groups excluding carboxylic acids is 6. The van der Waals surface area contributed by atoms with Crippen LogP contribution in [-0.4, -0.2) is 67.5 Å². The van der Waals surface area contributed by atoms with Gasteiger partial charge in [0.25, 0.3) is 11.8 Å². The van der Waals surface area contributed by atoms with E-state index in [1.54, 1.807) is 35.2 Å². The quantitative estimate of drug-likeness (QED) is 0.322. The van der Waals surface area contributed by atoms with Crippen molar-refractivity contribution in [2.45, 2.75) is 19.4 Å². The molecule has 2 aromatic carbocycles. The Morgan fingerprint density at radius 1 is 0.833 bits per heavy atom. The monoisotopic (exact) mass is 493 g/mol. The predicted molar refractivity (Wildman–Crippen MR) is 130 cm³/mol. The Morgan fingerprint density at radius 3 is 2.28 bits per heavy atom. The number of hydrogen-bond donors (Lipinski definition) is 4. The number of para-hydroxylation sites is 1. The molecule has 0 radical (unpaired) electrons. The fourth-order valence-corrected chi connectivity index (χ4v) is 3.56.